The van der Waals surface area contributed by atoms with Gasteiger partial charge in [0.2, 0.25) is 0 Å². The van der Waals surface area contributed by atoms with E-state index in [4.69, 9.17) is 4.74 Å². The Bertz CT molecular complexity index is 487. The zero-order chi connectivity index (χ0) is 13.8. The van der Waals surface area contributed by atoms with Crippen LogP contribution < -0.4 is 0 Å². The van der Waals surface area contributed by atoms with Crippen molar-refractivity contribution in [2.75, 3.05) is 13.2 Å². The van der Waals surface area contributed by atoms with Gasteiger partial charge in [0.25, 0.3) is 5.91 Å². The molecule has 5 nitrogen and oxygen atoms in total. The number of nitrogens with zero attached hydrogens (tertiary/aromatic N) is 2. The van der Waals surface area contributed by atoms with Gasteiger partial charge >= 0.3 is 5.97 Å². The number of carbonyl (C=O) groups is 2. The van der Waals surface area contributed by atoms with E-state index >= 15 is 0 Å². The van der Waals surface area contributed by atoms with Crippen LogP contribution in [0.4, 0.5) is 0 Å². The van der Waals surface area contributed by atoms with Gasteiger partial charge in [-0.15, -0.1) is 0 Å². The van der Waals surface area contributed by atoms with Crippen molar-refractivity contribution in [3.63, 3.8) is 0 Å². The summed E-state index contributed by atoms with van der Waals surface area (Å²) in [4.78, 5) is 29.9. The molecule has 0 bridgehead atoms. The Balaban J connectivity index is 2.16. The lowest BCUT2D eigenvalue weighted by Gasteiger charge is -2.23. The standard InChI is InChI=1S/C14H18N2O3/c1-3-19-14(18)12-5-4-8-16(12)13(17)11-6-7-15-10(2)9-11/h6-7,9,12H,3-5,8H2,1-2H3. The van der Waals surface area contributed by atoms with E-state index in [2.05, 4.69) is 4.98 Å². The maximum absolute atomic E-state index is 12.4. The zero-order valence-corrected chi connectivity index (χ0v) is 11.3. The van der Waals surface area contributed by atoms with Crippen molar-refractivity contribution in [2.45, 2.75) is 32.7 Å². The summed E-state index contributed by atoms with van der Waals surface area (Å²) in [7, 11) is 0. The molecule has 102 valence electrons. The second-order valence-corrected chi connectivity index (χ2v) is 4.59. The topological polar surface area (TPSA) is 59.5 Å². The molecule has 1 aliphatic heterocycles. The van der Waals surface area contributed by atoms with Crippen LogP contribution in [0.5, 0.6) is 0 Å². The molecule has 2 heterocycles. The quantitative estimate of drug-likeness (QED) is 0.776. The molecular formula is C14H18N2O3. The highest BCUT2D eigenvalue weighted by Gasteiger charge is 2.35. The van der Waals surface area contributed by atoms with Gasteiger partial charge in [-0.25, -0.2) is 4.79 Å². The molecule has 1 fully saturated rings. The third-order valence-electron chi connectivity index (χ3n) is 3.22. The fourth-order valence-electron chi connectivity index (χ4n) is 2.34. The molecule has 0 aromatic carbocycles. The molecule has 1 amide bonds. The van der Waals surface area contributed by atoms with Crippen molar-refractivity contribution >= 4 is 11.9 Å². The second-order valence-electron chi connectivity index (χ2n) is 4.59. The molecule has 5 heteroatoms. The number of carbonyl (C=O) groups excluding carboxylic acids is 2. The van der Waals surface area contributed by atoms with Gasteiger partial charge in [0.05, 0.1) is 6.61 Å². The number of hydrogen-bond donors (Lipinski definition) is 0. The molecule has 1 atom stereocenters. The largest absolute Gasteiger partial charge is 0.464 e. The van der Waals surface area contributed by atoms with Crippen LogP contribution in [0, 0.1) is 6.92 Å². The van der Waals surface area contributed by atoms with Crippen LogP contribution in [0.3, 0.4) is 0 Å². The van der Waals surface area contributed by atoms with Gasteiger partial charge in [-0.05, 0) is 38.8 Å². The van der Waals surface area contributed by atoms with Crippen LogP contribution in [0.2, 0.25) is 0 Å². The number of likely N-dealkylation sites (tertiary alicyclic amines) is 1. The maximum atomic E-state index is 12.4. The molecule has 1 unspecified atom stereocenters. The summed E-state index contributed by atoms with van der Waals surface area (Å²) in [6.07, 6.45) is 3.12. The highest BCUT2D eigenvalue weighted by molar-refractivity contribution is 5.97. The fourth-order valence-corrected chi connectivity index (χ4v) is 2.34. The third kappa shape index (κ3) is 2.92. The Hall–Kier alpha value is -1.91. The van der Waals surface area contributed by atoms with Crippen LogP contribution in [0.25, 0.3) is 0 Å². The third-order valence-corrected chi connectivity index (χ3v) is 3.22. The monoisotopic (exact) mass is 262 g/mol. The van der Waals surface area contributed by atoms with Gasteiger partial charge in [0, 0.05) is 24.0 Å². The normalized spacial score (nSPS) is 18.4. The second kappa shape index (κ2) is 5.82. The van der Waals surface area contributed by atoms with E-state index in [1.54, 1.807) is 30.2 Å². The summed E-state index contributed by atoms with van der Waals surface area (Å²) in [6.45, 7) is 4.55. The lowest BCUT2D eigenvalue weighted by atomic mass is 10.2. The predicted molar refractivity (Wildman–Crippen MR) is 69.7 cm³/mol. The molecule has 0 aliphatic carbocycles. The van der Waals surface area contributed by atoms with E-state index in [-0.39, 0.29) is 11.9 Å². The molecule has 0 saturated carbocycles. The Morgan fingerprint density at radius 3 is 3.00 bits per heavy atom. The van der Waals surface area contributed by atoms with Crippen LogP contribution in [0.15, 0.2) is 18.3 Å². The van der Waals surface area contributed by atoms with E-state index in [9.17, 15) is 9.59 Å². The van der Waals surface area contributed by atoms with Crippen molar-refractivity contribution in [2.24, 2.45) is 0 Å². The molecule has 19 heavy (non-hydrogen) atoms. The van der Waals surface area contributed by atoms with E-state index in [0.29, 0.717) is 25.1 Å². The van der Waals surface area contributed by atoms with Gasteiger partial charge in [0.15, 0.2) is 0 Å². The Morgan fingerprint density at radius 2 is 2.32 bits per heavy atom. The van der Waals surface area contributed by atoms with Gasteiger partial charge < -0.3 is 9.64 Å². The average Bonchev–Trinajstić information content (AvgIpc) is 2.87. The van der Waals surface area contributed by atoms with Crippen molar-refractivity contribution in [1.29, 1.82) is 0 Å². The number of ether oxygens (including phenoxy) is 1. The van der Waals surface area contributed by atoms with Gasteiger partial charge in [-0.2, -0.15) is 0 Å². The molecule has 0 N–H and O–H groups in total. The summed E-state index contributed by atoms with van der Waals surface area (Å²) in [5.41, 5.74) is 1.36. The highest BCUT2D eigenvalue weighted by Crippen LogP contribution is 2.21. The Morgan fingerprint density at radius 1 is 1.53 bits per heavy atom. The molecule has 0 radical (unpaired) electrons. The number of esters is 1. The Labute approximate surface area is 112 Å². The minimum atomic E-state index is -0.444. The fraction of sp³-hybridized carbons (Fsp3) is 0.500. The molecule has 1 aliphatic rings. The predicted octanol–water partition coefficient (Wildman–Crippen LogP) is 1.56. The first-order chi connectivity index (χ1) is 9.13. The lowest BCUT2D eigenvalue weighted by Crippen LogP contribution is -2.41. The van der Waals surface area contributed by atoms with Gasteiger partial charge in [-0.3, -0.25) is 9.78 Å². The van der Waals surface area contributed by atoms with Crippen molar-refractivity contribution in [1.82, 2.24) is 9.88 Å². The Kier molecular flexibility index (Phi) is 4.14. The summed E-state index contributed by atoms with van der Waals surface area (Å²) < 4.78 is 5.02. The summed E-state index contributed by atoms with van der Waals surface area (Å²) in [5.74, 6) is -0.430. The molecule has 2 rings (SSSR count). The number of amides is 1. The van der Waals surface area contributed by atoms with Crippen molar-refractivity contribution < 1.29 is 14.3 Å². The van der Waals surface area contributed by atoms with Crippen LogP contribution in [-0.2, 0) is 9.53 Å². The van der Waals surface area contributed by atoms with Gasteiger partial charge in [-0.1, -0.05) is 0 Å². The van der Waals surface area contributed by atoms with Crippen molar-refractivity contribution in [3.8, 4) is 0 Å². The van der Waals surface area contributed by atoms with Crippen LogP contribution in [-0.4, -0.2) is 41.0 Å². The lowest BCUT2D eigenvalue weighted by molar-refractivity contribution is -0.147. The average molecular weight is 262 g/mol. The number of rotatable bonds is 3. The van der Waals surface area contributed by atoms with E-state index < -0.39 is 6.04 Å². The highest BCUT2D eigenvalue weighted by atomic mass is 16.5. The van der Waals surface area contributed by atoms with Crippen LogP contribution >= 0.6 is 0 Å². The molecular weight excluding hydrogens is 244 g/mol. The number of hydrogen-bond acceptors (Lipinski definition) is 4. The SMILES string of the molecule is CCOC(=O)C1CCCN1C(=O)c1ccnc(C)c1. The first-order valence-corrected chi connectivity index (χ1v) is 6.53. The minimum absolute atomic E-state index is 0.124. The number of aryl methyl sites for hydroxylation is 1. The minimum Gasteiger partial charge on any atom is -0.464 e. The van der Waals surface area contributed by atoms with E-state index in [1.165, 1.54) is 0 Å². The number of pyridine rings is 1. The van der Waals surface area contributed by atoms with Crippen molar-refractivity contribution in [3.05, 3.63) is 29.6 Å². The molecule has 0 spiro atoms. The van der Waals surface area contributed by atoms with Gasteiger partial charge in [0.1, 0.15) is 6.04 Å². The zero-order valence-electron chi connectivity index (χ0n) is 11.3. The van der Waals surface area contributed by atoms with E-state index in [0.717, 1.165) is 12.1 Å². The smallest absolute Gasteiger partial charge is 0.328 e. The summed E-state index contributed by atoms with van der Waals surface area (Å²) in [6, 6.07) is 2.97. The van der Waals surface area contributed by atoms with E-state index in [1.807, 2.05) is 6.92 Å². The molecule has 1 aromatic rings. The maximum Gasteiger partial charge on any atom is 0.328 e. The first kappa shape index (κ1) is 13.5. The summed E-state index contributed by atoms with van der Waals surface area (Å²) in [5, 5.41) is 0. The molecule has 1 saturated heterocycles. The number of aromatic nitrogens is 1. The van der Waals surface area contributed by atoms with Crippen LogP contribution in [0.1, 0.15) is 35.8 Å². The molecule has 1 aromatic heterocycles. The first-order valence-electron chi connectivity index (χ1n) is 6.53. The summed E-state index contributed by atoms with van der Waals surface area (Å²) >= 11 is 0.